The summed E-state index contributed by atoms with van der Waals surface area (Å²) in [5.41, 5.74) is -1.13. The van der Waals surface area contributed by atoms with Gasteiger partial charge in [0.25, 0.3) is 0 Å². The highest BCUT2D eigenvalue weighted by Crippen LogP contribution is 2.39. The maximum Gasteiger partial charge on any atom is 0.229 e. The number of hydrogen-bond donors (Lipinski definition) is 1. The highest BCUT2D eigenvalue weighted by atomic mass is 16.5. The Morgan fingerprint density at radius 3 is 2.76 bits per heavy atom. The van der Waals surface area contributed by atoms with E-state index in [1.165, 1.54) is 0 Å². The van der Waals surface area contributed by atoms with Crippen molar-refractivity contribution in [3.05, 3.63) is 11.7 Å². The van der Waals surface area contributed by atoms with E-state index in [4.69, 9.17) is 9.26 Å². The first-order valence-electron chi connectivity index (χ1n) is 6.15. The minimum atomic E-state index is -0.864. The maximum absolute atomic E-state index is 10.4. The summed E-state index contributed by atoms with van der Waals surface area (Å²) >= 11 is 0. The van der Waals surface area contributed by atoms with E-state index in [-0.39, 0.29) is 5.60 Å². The highest BCUT2D eigenvalue weighted by Gasteiger charge is 2.44. The van der Waals surface area contributed by atoms with Gasteiger partial charge in [0.15, 0.2) is 5.82 Å². The molecule has 1 atom stereocenters. The molecule has 1 saturated heterocycles. The molecule has 1 saturated carbocycles. The summed E-state index contributed by atoms with van der Waals surface area (Å²) in [5, 5.41) is 14.3. The molecule has 0 radical (unpaired) electrons. The topological polar surface area (TPSA) is 68.4 Å². The molecule has 5 heteroatoms. The van der Waals surface area contributed by atoms with Gasteiger partial charge in [0.1, 0.15) is 0 Å². The molecular formula is C12H18N2O3. The lowest BCUT2D eigenvalue weighted by Gasteiger charge is -2.20. The van der Waals surface area contributed by atoms with Crippen LogP contribution < -0.4 is 0 Å². The third-order valence-corrected chi connectivity index (χ3v) is 3.39. The van der Waals surface area contributed by atoms with Crippen molar-refractivity contribution >= 4 is 0 Å². The van der Waals surface area contributed by atoms with Crippen molar-refractivity contribution in [2.24, 2.45) is 0 Å². The zero-order valence-corrected chi connectivity index (χ0v) is 10.3. The quantitative estimate of drug-likeness (QED) is 0.862. The molecule has 94 valence electrons. The van der Waals surface area contributed by atoms with Crippen LogP contribution in [-0.4, -0.2) is 33.1 Å². The molecule has 1 aliphatic carbocycles. The highest BCUT2D eigenvalue weighted by molar-refractivity contribution is 5.05. The van der Waals surface area contributed by atoms with Crippen LogP contribution in [0.3, 0.4) is 0 Å². The molecule has 17 heavy (non-hydrogen) atoms. The van der Waals surface area contributed by atoms with Gasteiger partial charge in [0.05, 0.1) is 24.2 Å². The molecule has 5 nitrogen and oxygen atoms in total. The van der Waals surface area contributed by atoms with Gasteiger partial charge in [-0.15, -0.1) is 0 Å². The first-order valence-corrected chi connectivity index (χ1v) is 6.15. The van der Waals surface area contributed by atoms with E-state index in [1.54, 1.807) is 0 Å². The van der Waals surface area contributed by atoms with E-state index in [0.717, 1.165) is 18.7 Å². The van der Waals surface area contributed by atoms with Gasteiger partial charge in [-0.3, -0.25) is 0 Å². The van der Waals surface area contributed by atoms with Crippen molar-refractivity contribution < 1.29 is 14.4 Å². The SMILES string of the molecule is CC1(C)C[C@@](O)(Cc2nc(C3CC3)no2)CO1. The second-order valence-corrected chi connectivity index (χ2v) is 5.95. The van der Waals surface area contributed by atoms with Gasteiger partial charge in [-0.1, -0.05) is 5.16 Å². The normalized spacial score (nSPS) is 31.9. The van der Waals surface area contributed by atoms with Gasteiger partial charge in [-0.05, 0) is 26.7 Å². The van der Waals surface area contributed by atoms with Gasteiger partial charge in [0.2, 0.25) is 5.89 Å². The van der Waals surface area contributed by atoms with Crippen LogP contribution in [0.25, 0.3) is 0 Å². The minimum Gasteiger partial charge on any atom is -0.387 e. The molecule has 2 fully saturated rings. The Bertz CT molecular complexity index is 425. The molecule has 0 aromatic carbocycles. The first-order chi connectivity index (χ1) is 7.96. The van der Waals surface area contributed by atoms with E-state index >= 15 is 0 Å². The lowest BCUT2D eigenvalue weighted by molar-refractivity contribution is 0.00274. The second-order valence-electron chi connectivity index (χ2n) is 5.95. The fourth-order valence-electron chi connectivity index (χ4n) is 2.47. The summed E-state index contributed by atoms with van der Waals surface area (Å²) in [6.45, 7) is 4.30. The number of rotatable bonds is 3. The van der Waals surface area contributed by atoms with E-state index in [9.17, 15) is 5.11 Å². The Balaban J connectivity index is 1.69. The molecule has 2 aliphatic rings. The molecule has 0 unspecified atom stereocenters. The fraction of sp³-hybridized carbons (Fsp3) is 0.833. The van der Waals surface area contributed by atoms with Crippen molar-refractivity contribution in [1.29, 1.82) is 0 Å². The molecule has 1 N–H and O–H groups in total. The summed E-state index contributed by atoms with van der Waals surface area (Å²) in [6.07, 6.45) is 3.29. The monoisotopic (exact) mass is 238 g/mol. The van der Waals surface area contributed by atoms with Gasteiger partial charge < -0.3 is 14.4 Å². The van der Waals surface area contributed by atoms with Crippen LogP contribution in [0.5, 0.6) is 0 Å². The van der Waals surface area contributed by atoms with Crippen molar-refractivity contribution in [3.63, 3.8) is 0 Å². The molecular weight excluding hydrogens is 220 g/mol. The van der Waals surface area contributed by atoms with Crippen LogP contribution in [0, 0.1) is 0 Å². The van der Waals surface area contributed by atoms with Crippen LogP contribution in [-0.2, 0) is 11.2 Å². The second kappa shape index (κ2) is 3.53. The lowest BCUT2D eigenvalue weighted by atomic mass is 9.91. The molecule has 1 aliphatic heterocycles. The van der Waals surface area contributed by atoms with Crippen LogP contribution in [0.2, 0.25) is 0 Å². The summed E-state index contributed by atoms with van der Waals surface area (Å²) in [4.78, 5) is 4.34. The Morgan fingerprint density at radius 1 is 1.41 bits per heavy atom. The first kappa shape index (κ1) is 11.2. The summed E-state index contributed by atoms with van der Waals surface area (Å²) in [6, 6.07) is 0. The molecule has 0 amide bonds. The summed E-state index contributed by atoms with van der Waals surface area (Å²) < 4.78 is 10.7. The largest absolute Gasteiger partial charge is 0.387 e. The van der Waals surface area contributed by atoms with E-state index < -0.39 is 5.60 Å². The Hall–Kier alpha value is -0.940. The number of hydrogen-bond acceptors (Lipinski definition) is 5. The third kappa shape index (κ3) is 2.35. The summed E-state index contributed by atoms with van der Waals surface area (Å²) in [5.74, 6) is 1.80. The molecule has 0 bridgehead atoms. The molecule has 3 rings (SSSR count). The minimum absolute atomic E-state index is 0.270. The average molecular weight is 238 g/mol. The summed E-state index contributed by atoms with van der Waals surface area (Å²) in [7, 11) is 0. The van der Waals surface area contributed by atoms with Gasteiger partial charge in [-0.25, -0.2) is 0 Å². The van der Waals surface area contributed by atoms with Gasteiger partial charge in [-0.2, -0.15) is 4.98 Å². The van der Waals surface area contributed by atoms with Crippen LogP contribution in [0.15, 0.2) is 4.52 Å². The number of aliphatic hydroxyl groups is 1. The van der Waals surface area contributed by atoms with Crippen molar-refractivity contribution in [1.82, 2.24) is 10.1 Å². The number of aromatic nitrogens is 2. The fourth-order valence-corrected chi connectivity index (χ4v) is 2.47. The van der Waals surface area contributed by atoms with Crippen LogP contribution in [0.4, 0.5) is 0 Å². The smallest absolute Gasteiger partial charge is 0.229 e. The molecule has 1 aromatic rings. The van der Waals surface area contributed by atoms with Crippen LogP contribution in [0.1, 0.15) is 50.7 Å². The average Bonchev–Trinajstić information content (AvgIpc) is 2.91. The van der Waals surface area contributed by atoms with Gasteiger partial charge >= 0.3 is 0 Å². The van der Waals surface area contributed by atoms with Crippen molar-refractivity contribution in [2.45, 2.75) is 56.7 Å². The molecule has 1 aromatic heterocycles. The molecule has 0 spiro atoms. The van der Waals surface area contributed by atoms with E-state index in [0.29, 0.717) is 31.3 Å². The van der Waals surface area contributed by atoms with Gasteiger partial charge in [0, 0.05) is 12.3 Å². The Kier molecular flexibility index (Phi) is 2.32. The van der Waals surface area contributed by atoms with Crippen molar-refractivity contribution in [3.8, 4) is 0 Å². The zero-order chi connectivity index (χ0) is 12.1. The number of ether oxygens (including phenoxy) is 1. The van der Waals surface area contributed by atoms with Crippen LogP contribution >= 0.6 is 0 Å². The standard InChI is InChI=1S/C12H18N2O3/c1-11(2)6-12(15,7-16-11)5-9-13-10(14-17-9)8-3-4-8/h8,15H,3-7H2,1-2H3/t12-/m0/s1. The Morgan fingerprint density at radius 2 is 2.18 bits per heavy atom. The zero-order valence-electron chi connectivity index (χ0n) is 10.3. The van der Waals surface area contributed by atoms with E-state index in [2.05, 4.69) is 10.1 Å². The van der Waals surface area contributed by atoms with Crippen molar-refractivity contribution in [2.75, 3.05) is 6.61 Å². The maximum atomic E-state index is 10.4. The lowest BCUT2D eigenvalue weighted by Crippen LogP contribution is -2.33. The third-order valence-electron chi connectivity index (χ3n) is 3.39. The Labute approximate surface area is 100 Å². The van der Waals surface area contributed by atoms with E-state index in [1.807, 2.05) is 13.8 Å². The number of nitrogens with zero attached hydrogens (tertiary/aromatic N) is 2. The predicted octanol–water partition coefficient (Wildman–Crippen LogP) is 1.42. The molecule has 2 heterocycles. The predicted molar refractivity (Wildman–Crippen MR) is 59.6 cm³/mol.